The molecule has 0 radical (unpaired) electrons. The molecule has 1 aromatic carbocycles. The molecule has 3 aliphatic rings. The average molecular weight is 519 g/mol. The third kappa shape index (κ3) is 5.54. The van der Waals surface area contributed by atoms with E-state index in [-0.39, 0.29) is 11.5 Å². The van der Waals surface area contributed by atoms with Crippen molar-refractivity contribution >= 4 is 33.1 Å². The van der Waals surface area contributed by atoms with Gasteiger partial charge in [0.05, 0.1) is 27.2 Å². The Hall–Kier alpha value is -2.48. The molecule has 196 valence electrons. The van der Waals surface area contributed by atoms with Gasteiger partial charge in [-0.2, -0.15) is 0 Å². The van der Waals surface area contributed by atoms with Gasteiger partial charge in [0, 0.05) is 50.5 Å². The number of carbonyl (C=O) groups is 1. The van der Waals surface area contributed by atoms with Crippen LogP contribution in [0, 0.1) is 0 Å². The lowest BCUT2D eigenvalue weighted by molar-refractivity contribution is -0.0432. The number of benzene rings is 1. The first kappa shape index (κ1) is 24.8. The van der Waals surface area contributed by atoms with Gasteiger partial charge in [-0.05, 0) is 87.6 Å². The first-order valence-corrected chi connectivity index (χ1v) is 15.0. The van der Waals surface area contributed by atoms with E-state index in [1.807, 2.05) is 29.2 Å². The molecule has 3 saturated heterocycles. The summed E-state index contributed by atoms with van der Waals surface area (Å²) in [7, 11) is 0. The lowest BCUT2D eigenvalue weighted by atomic mass is 9.88. The molecule has 6 nitrogen and oxygen atoms in total. The van der Waals surface area contributed by atoms with E-state index in [1.165, 1.54) is 36.8 Å². The summed E-state index contributed by atoms with van der Waals surface area (Å²) in [6.45, 7) is 7.09. The average Bonchev–Trinajstić information content (AvgIpc) is 3.62. The summed E-state index contributed by atoms with van der Waals surface area (Å²) in [6.07, 6.45) is 9.42. The minimum atomic E-state index is 0.148. The van der Waals surface area contributed by atoms with Gasteiger partial charge < -0.3 is 19.9 Å². The molecule has 6 rings (SSSR count). The Balaban J connectivity index is 1.08. The molecule has 1 spiro atoms. The van der Waals surface area contributed by atoms with Gasteiger partial charge in [-0.25, -0.2) is 4.98 Å². The number of ether oxygens (including phenoxy) is 1. The number of piperidine rings is 2. The first-order valence-electron chi connectivity index (χ1n) is 14.1. The Labute approximate surface area is 224 Å². The van der Waals surface area contributed by atoms with Crippen LogP contribution in [0.25, 0.3) is 21.5 Å². The van der Waals surface area contributed by atoms with Crippen molar-refractivity contribution in [3.05, 3.63) is 47.3 Å². The number of pyridine rings is 1. The fraction of sp³-hybridized carbons (Fsp3) is 0.533. The van der Waals surface area contributed by atoms with Crippen LogP contribution in [0.15, 0.2) is 41.8 Å². The fourth-order valence-electron chi connectivity index (χ4n) is 6.16. The molecule has 37 heavy (non-hydrogen) atoms. The number of aromatic nitrogens is 1. The lowest BCUT2D eigenvalue weighted by Crippen LogP contribution is -2.44. The molecule has 0 atom stereocenters. The molecule has 3 aliphatic heterocycles. The van der Waals surface area contributed by atoms with E-state index in [1.54, 1.807) is 11.3 Å². The Morgan fingerprint density at radius 2 is 1.81 bits per heavy atom. The second-order valence-electron chi connectivity index (χ2n) is 10.9. The zero-order valence-electron chi connectivity index (χ0n) is 21.7. The summed E-state index contributed by atoms with van der Waals surface area (Å²) in [5.74, 6) is 0.148. The van der Waals surface area contributed by atoms with Gasteiger partial charge in [0.25, 0.3) is 5.91 Å². The number of thiophene rings is 1. The number of carbonyl (C=O) groups excluding carboxylic acids is 1. The summed E-state index contributed by atoms with van der Waals surface area (Å²) in [5, 5.41) is 5.82. The van der Waals surface area contributed by atoms with Crippen LogP contribution in [0.2, 0.25) is 0 Å². The van der Waals surface area contributed by atoms with Crippen LogP contribution in [-0.2, 0) is 4.74 Å². The Kier molecular flexibility index (Phi) is 7.45. The molecule has 2 aromatic heterocycles. The molecule has 7 heteroatoms. The largest absolute Gasteiger partial charge is 0.384 e. The van der Waals surface area contributed by atoms with Crippen molar-refractivity contribution in [1.29, 1.82) is 0 Å². The highest BCUT2D eigenvalue weighted by atomic mass is 32.1. The molecule has 0 bridgehead atoms. The Bertz CT molecular complexity index is 1200. The van der Waals surface area contributed by atoms with E-state index in [0.717, 1.165) is 93.2 Å². The summed E-state index contributed by atoms with van der Waals surface area (Å²) in [6, 6.07) is 12.3. The van der Waals surface area contributed by atoms with Crippen molar-refractivity contribution in [1.82, 2.24) is 14.8 Å². The quantitative estimate of drug-likeness (QED) is 0.387. The molecule has 0 unspecified atom stereocenters. The monoisotopic (exact) mass is 518 g/mol. The highest BCUT2D eigenvalue weighted by Crippen LogP contribution is 2.36. The van der Waals surface area contributed by atoms with Crippen molar-refractivity contribution in [3.8, 4) is 11.3 Å². The highest BCUT2D eigenvalue weighted by Gasteiger charge is 2.38. The molecular weight excluding hydrogens is 480 g/mol. The van der Waals surface area contributed by atoms with E-state index in [0.29, 0.717) is 0 Å². The van der Waals surface area contributed by atoms with Crippen LogP contribution < -0.4 is 5.32 Å². The zero-order valence-corrected chi connectivity index (χ0v) is 22.5. The van der Waals surface area contributed by atoms with E-state index in [2.05, 4.69) is 27.7 Å². The minimum Gasteiger partial charge on any atom is -0.384 e. The molecule has 1 N–H and O–H groups in total. The third-order valence-corrected chi connectivity index (χ3v) is 9.34. The minimum absolute atomic E-state index is 0.148. The van der Waals surface area contributed by atoms with E-state index >= 15 is 0 Å². The number of hydrogen-bond acceptors (Lipinski definition) is 6. The number of amides is 1. The fourth-order valence-corrected chi connectivity index (χ4v) is 6.98. The summed E-state index contributed by atoms with van der Waals surface area (Å²) < 4.78 is 7.28. The number of rotatable bonds is 7. The second-order valence-corrected chi connectivity index (χ2v) is 11.8. The maximum atomic E-state index is 12.9. The summed E-state index contributed by atoms with van der Waals surface area (Å²) in [5.41, 5.74) is 5.14. The molecule has 1 amide bonds. The number of nitrogens with zero attached hydrogens (tertiary/aromatic N) is 3. The second kappa shape index (κ2) is 11.1. The number of fused-ring (bicyclic) bond motifs is 1. The van der Waals surface area contributed by atoms with Crippen LogP contribution in [0.4, 0.5) is 5.69 Å². The molecule has 0 aliphatic carbocycles. The normalized spacial score (nSPS) is 20.1. The van der Waals surface area contributed by atoms with Gasteiger partial charge in [0.15, 0.2) is 0 Å². The van der Waals surface area contributed by atoms with Gasteiger partial charge in [0.2, 0.25) is 0 Å². The number of likely N-dealkylation sites (tertiary alicyclic amines) is 2. The summed E-state index contributed by atoms with van der Waals surface area (Å²) >= 11 is 1.74. The lowest BCUT2D eigenvalue weighted by Gasteiger charge is -2.38. The van der Waals surface area contributed by atoms with Crippen molar-refractivity contribution < 1.29 is 9.53 Å². The first-order chi connectivity index (χ1) is 18.2. The zero-order chi connectivity index (χ0) is 25.1. The third-order valence-electron chi connectivity index (χ3n) is 8.40. The van der Waals surface area contributed by atoms with Gasteiger partial charge in [0.1, 0.15) is 0 Å². The Morgan fingerprint density at radius 1 is 1.00 bits per heavy atom. The van der Waals surface area contributed by atoms with Gasteiger partial charge >= 0.3 is 0 Å². The predicted octanol–water partition coefficient (Wildman–Crippen LogP) is 6.04. The maximum absolute atomic E-state index is 12.9. The van der Waals surface area contributed by atoms with Gasteiger partial charge in [-0.15, -0.1) is 11.3 Å². The van der Waals surface area contributed by atoms with Crippen molar-refractivity contribution in [2.75, 3.05) is 51.2 Å². The highest BCUT2D eigenvalue weighted by molar-refractivity contribution is 7.17. The van der Waals surface area contributed by atoms with E-state index in [4.69, 9.17) is 9.72 Å². The Morgan fingerprint density at radius 3 is 2.57 bits per heavy atom. The standard InChI is InChI=1S/C30H38N4O2S/c35-29(34-16-2-1-3-17-34)24-8-6-23(7-9-24)26-22-27(28-25(32-26)10-21-37-28)31-14-5-15-33-18-12-30(13-19-33)11-4-20-36-30/h6-10,21-22H,1-5,11-20H2,(H,31,32). The van der Waals surface area contributed by atoms with Crippen LogP contribution >= 0.6 is 11.3 Å². The molecule has 0 saturated carbocycles. The maximum Gasteiger partial charge on any atom is 0.253 e. The molecule has 5 heterocycles. The number of hydrogen-bond donors (Lipinski definition) is 1. The predicted molar refractivity (Wildman–Crippen MR) is 152 cm³/mol. The molecule has 3 aromatic rings. The van der Waals surface area contributed by atoms with Crippen molar-refractivity contribution in [3.63, 3.8) is 0 Å². The van der Waals surface area contributed by atoms with Crippen LogP contribution in [0.3, 0.4) is 0 Å². The topological polar surface area (TPSA) is 57.7 Å². The van der Waals surface area contributed by atoms with Crippen LogP contribution in [-0.4, -0.2) is 72.2 Å². The summed E-state index contributed by atoms with van der Waals surface area (Å²) in [4.78, 5) is 22.4. The van der Waals surface area contributed by atoms with Crippen LogP contribution in [0.1, 0.15) is 61.7 Å². The van der Waals surface area contributed by atoms with Gasteiger partial charge in [-0.3, -0.25) is 4.79 Å². The number of anilines is 1. The molecular formula is C30H38N4O2S. The smallest absolute Gasteiger partial charge is 0.253 e. The number of nitrogens with one attached hydrogen (secondary N) is 1. The van der Waals surface area contributed by atoms with Gasteiger partial charge in [-0.1, -0.05) is 12.1 Å². The molecule has 3 fully saturated rings. The van der Waals surface area contributed by atoms with Crippen LogP contribution in [0.5, 0.6) is 0 Å². The van der Waals surface area contributed by atoms with Crippen molar-refractivity contribution in [2.24, 2.45) is 0 Å². The van der Waals surface area contributed by atoms with Crippen molar-refractivity contribution in [2.45, 2.75) is 57.0 Å². The SMILES string of the molecule is O=C(c1ccc(-c2cc(NCCCN3CCC4(CCCO4)CC3)c3sccc3n2)cc1)N1CCCCC1. The van der Waals surface area contributed by atoms with E-state index < -0.39 is 0 Å². The van der Waals surface area contributed by atoms with E-state index in [9.17, 15) is 4.79 Å².